The molecule has 1 aromatic rings. The van der Waals surface area contributed by atoms with Crippen molar-refractivity contribution in [2.75, 3.05) is 0 Å². The molecule has 0 radical (unpaired) electrons. The summed E-state index contributed by atoms with van der Waals surface area (Å²) in [6.45, 7) is 0. The summed E-state index contributed by atoms with van der Waals surface area (Å²) < 4.78 is 0. The summed E-state index contributed by atoms with van der Waals surface area (Å²) in [5.74, 6) is 6.54. The SMILES string of the molecule is NNC(CCc1ccccc1)CC1CCC1. The van der Waals surface area contributed by atoms with Gasteiger partial charge in [0.2, 0.25) is 0 Å². The molecule has 1 saturated carbocycles. The maximum Gasteiger partial charge on any atom is 0.0216 e. The molecule has 88 valence electrons. The van der Waals surface area contributed by atoms with Gasteiger partial charge in [-0.25, -0.2) is 0 Å². The third-order valence-corrected chi connectivity index (χ3v) is 3.70. The van der Waals surface area contributed by atoms with Gasteiger partial charge in [0.05, 0.1) is 0 Å². The molecule has 0 spiro atoms. The van der Waals surface area contributed by atoms with Crippen LogP contribution in [0.4, 0.5) is 0 Å². The normalized spacial score (nSPS) is 18.1. The van der Waals surface area contributed by atoms with E-state index in [1.807, 2.05) is 0 Å². The maximum atomic E-state index is 5.61. The molecule has 1 aliphatic rings. The van der Waals surface area contributed by atoms with Gasteiger partial charge in [-0.15, -0.1) is 0 Å². The van der Waals surface area contributed by atoms with Crippen LogP contribution in [0.2, 0.25) is 0 Å². The Balaban J connectivity index is 1.73. The molecule has 1 atom stereocenters. The molecule has 3 N–H and O–H groups in total. The minimum absolute atomic E-state index is 0.491. The molecule has 2 rings (SSSR count). The van der Waals surface area contributed by atoms with Crippen LogP contribution in [0.15, 0.2) is 30.3 Å². The van der Waals surface area contributed by atoms with Crippen molar-refractivity contribution >= 4 is 0 Å². The van der Waals surface area contributed by atoms with Gasteiger partial charge in [0.1, 0.15) is 0 Å². The van der Waals surface area contributed by atoms with Crippen molar-refractivity contribution in [2.45, 2.75) is 44.6 Å². The first-order valence-electron chi connectivity index (χ1n) is 6.38. The Hall–Kier alpha value is -0.860. The first kappa shape index (κ1) is 11.6. The van der Waals surface area contributed by atoms with Crippen LogP contribution < -0.4 is 11.3 Å². The van der Waals surface area contributed by atoms with Crippen LogP contribution >= 0.6 is 0 Å². The van der Waals surface area contributed by atoms with E-state index >= 15 is 0 Å². The van der Waals surface area contributed by atoms with E-state index in [0.717, 1.165) is 18.8 Å². The van der Waals surface area contributed by atoms with Crippen molar-refractivity contribution in [3.63, 3.8) is 0 Å². The monoisotopic (exact) mass is 218 g/mol. The van der Waals surface area contributed by atoms with Crippen molar-refractivity contribution in [2.24, 2.45) is 11.8 Å². The second-order valence-corrected chi connectivity index (χ2v) is 4.92. The fraction of sp³-hybridized carbons (Fsp3) is 0.571. The van der Waals surface area contributed by atoms with E-state index in [0.29, 0.717) is 6.04 Å². The zero-order valence-electron chi connectivity index (χ0n) is 9.86. The molecule has 0 amide bonds. The number of hydrazine groups is 1. The van der Waals surface area contributed by atoms with Gasteiger partial charge in [0.15, 0.2) is 0 Å². The van der Waals surface area contributed by atoms with Gasteiger partial charge >= 0.3 is 0 Å². The Labute approximate surface area is 98.2 Å². The summed E-state index contributed by atoms with van der Waals surface area (Å²) in [5.41, 5.74) is 4.38. The lowest BCUT2D eigenvalue weighted by atomic mass is 9.80. The molecule has 16 heavy (non-hydrogen) atoms. The van der Waals surface area contributed by atoms with Crippen LogP contribution in [0.5, 0.6) is 0 Å². The predicted molar refractivity (Wildman–Crippen MR) is 67.8 cm³/mol. The number of nitrogens with one attached hydrogen (secondary N) is 1. The van der Waals surface area contributed by atoms with E-state index < -0.39 is 0 Å². The second kappa shape index (κ2) is 6.02. The third-order valence-electron chi connectivity index (χ3n) is 3.70. The van der Waals surface area contributed by atoms with E-state index in [1.165, 1.54) is 31.2 Å². The van der Waals surface area contributed by atoms with Crippen LogP contribution in [0.25, 0.3) is 0 Å². The molecule has 1 unspecified atom stereocenters. The van der Waals surface area contributed by atoms with Gasteiger partial charge in [-0.05, 0) is 30.7 Å². The highest BCUT2D eigenvalue weighted by Gasteiger charge is 2.21. The van der Waals surface area contributed by atoms with Crippen LogP contribution in [0.3, 0.4) is 0 Å². The Morgan fingerprint density at radius 2 is 2.00 bits per heavy atom. The highest BCUT2D eigenvalue weighted by atomic mass is 15.2. The van der Waals surface area contributed by atoms with Crippen molar-refractivity contribution in [1.82, 2.24) is 5.43 Å². The Kier molecular flexibility index (Phi) is 4.37. The lowest BCUT2D eigenvalue weighted by Gasteiger charge is -2.29. The van der Waals surface area contributed by atoms with Crippen molar-refractivity contribution in [3.8, 4) is 0 Å². The fourth-order valence-corrected chi connectivity index (χ4v) is 2.39. The maximum absolute atomic E-state index is 5.61. The predicted octanol–water partition coefficient (Wildman–Crippen LogP) is 2.64. The molecule has 2 nitrogen and oxygen atoms in total. The summed E-state index contributed by atoms with van der Waals surface area (Å²) in [7, 11) is 0. The number of hydrogen-bond donors (Lipinski definition) is 2. The number of rotatable bonds is 6. The van der Waals surface area contributed by atoms with E-state index in [4.69, 9.17) is 5.84 Å². The summed E-state index contributed by atoms with van der Waals surface area (Å²) in [6.07, 6.45) is 7.76. The molecule has 0 heterocycles. The number of aryl methyl sites for hydroxylation is 1. The van der Waals surface area contributed by atoms with Gasteiger partial charge in [-0.1, -0.05) is 49.6 Å². The van der Waals surface area contributed by atoms with Crippen molar-refractivity contribution < 1.29 is 0 Å². The van der Waals surface area contributed by atoms with Crippen molar-refractivity contribution in [3.05, 3.63) is 35.9 Å². The Morgan fingerprint density at radius 1 is 1.25 bits per heavy atom. The molecule has 0 bridgehead atoms. The smallest absolute Gasteiger partial charge is 0.0216 e. The van der Waals surface area contributed by atoms with Crippen molar-refractivity contribution in [1.29, 1.82) is 0 Å². The summed E-state index contributed by atoms with van der Waals surface area (Å²) >= 11 is 0. The highest BCUT2D eigenvalue weighted by Crippen LogP contribution is 2.31. The zero-order chi connectivity index (χ0) is 11.2. The minimum Gasteiger partial charge on any atom is -0.271 e. The molecule has 2 heteroatoms. The molecule has 1 fully saturated rings. The van der Waals surface area contributed by atoms with E-state index in [9.17, 15) is 0 Å². The molecule has 0 aromatic heterocycles. The number of hydrogen-bond acceptors (Lipinski definition) is 2. The summed E-state index contributed by atoms with van der Waals surface area (Å²) in [5, 5.41) is 0. The average Bonchev–Trinajstić information content (AvgIpc) is 2.28. The molecule has 0 aliphatic heterocycles. The topological polar surface area (TPSA) is 38.0 Å². The van der Waals surface area contributed by atoms with E-state index in [-0.39, 0.29) is 0 Å². The molecule has 1 aliphatic carbocycles. The standard InChI is InChI=1S/C14H22N2/c15-16-14(11-13-7-4-8-13)10-9-12-5-2-1-3-6-12/h1-3,5-6,13-14,16H,4,7-11,15H2. The van der Waals surface area contributed by atoms with Crippen LogP contribution in [0, 0.1) is 5.92 Å². The second-order valence-electron chi connectivity index (χ2n) is 4.92. The third kappa shape index (κ3) is 3.32. The van der Waals surface area contributed by atoms with E-state index in [2.05, 4.69) is 35.8 Å². The number of nitrogens with two attached hydrogens (primary N) is 1. The van der Waals surface area contributed by atoms with Gasteiger partial charge in [0, 0.05) is 6.04 Å². The number of benzene rings is 1. The molecule has 1 aromatic carbocycles. The largest absolute Gasteiger partial charge is 0.271 e. The van der Waals surface area contributed by atoms with Gasteiger partial charge in [0.25, 0.3) is 0 Å². The van der Waals surface area contributed by atoms with Gasteiger partial charge < -0.3 is 0 Å². The minimum atomic E-state index is 0.491. The Bertz CT molecular complexity index is 293. The van der Waals surface area contributed by atoms with Gasteiger partial charge in [-0.3, -0.25) is 11.3 Å². The summed E-state index contributed by atoms with van der Waals surface area (Å²) in [6, 6.07) is 11.1. The first-order chi connectivity index (χ1) is 7.88. The summed E-state index contributed by atoms with van der Waals surface area (Å²) in [4.78, 5) is 0. The van der Waals surface area contributed by atoms with E-state index in [1.54, 1.807) is 0 Å². The fourth-order valence-electron chi connectivity index (χ4n) is 2.39. The molecular formula is C14H22N2. The molecular weight excluding hydrogens is 196 g/mol. The van der Waals surface area contributed by atoms with Crippen LogP contribution in [-0.2, 0) is 6.42 Å². The highest BCUT2D eigenvalue weighted by molar-refractivity contribution is 5.14. The zero-order valence-corrected chi connectivity index (χ0v) is 9.86. The van der Waals surface area contributed by atoms with Crippen LogP contribution in [0.1, 0.15) is 37.7 Å². The van der Waals surface area contributed by atoms with Crippen LogP contribution in [-0.4, -0.2) is 6.04 Å². The van der Waals surface area contributed by atoms with Gasteiger partial charge in [-0.2, -0.15) is 0 Å². The lowest BCUT2D eigenvalue weighted by molar-refractivity contribution is 0.255. The average molecular weight is 218 g/mol. The Morgan fingerprint density at radius 3 is 2.56 bits per heavy atom. The molecule has 0 saturated heterocycles. The lowest BCUT2D eigenvalue weighted by Crippen LogP contribution is -2.38. The first-order valence-corrected chi connectivity index (χ1v) is 6.38. The quantitative estimate of drug-likeness (QED) is 0.569.